The molecule has 0 aromatic rings. The SMILES string of the molecule is CC1(C)CCCC(C)(C)N1OC12CC3CC(CC(C3)C1)C2. The van der Waals surface area contributed by atoms with Crippen molar-refractivity contribution in [3.63, 3.8) is 0 Å². The molecule has 0 radical (unpaired) electrons. The monoisotopic (exact) mass is 291 g/mol. The van der Waals surface area contributed by atoms with Gasteiger partial charge in [-0.15, -0.1) is 0 Å². The molecule has 1 saturated heterocycles. The van der Waals surface area contributed by atoms with Gasteiger partial charge in [-0.05, 0) is 103 Å². The maximum atomic E-state index is 6.96. The molecule has 0 N–H and O–H groups in total. The molecule has 2 heteroatoms. The number of nitrogens with zero attached hydrogens (tertiary/aromatic N) is 1. The molecule has 5 rings (SSSR count). The van der Waals surface area contributed by atoms with Crippen molar-refractivity contribution >= 4 is 0 Å². The van der Waals surface area contributed by atoms with Crippen LogP contribution >= 0.6 is 0 Å². The van der Waals surface area contributed by atoms with Crippen LogP contribution in [0.3, 0.4) is 0 Å². The van der Waals surface area contributed by atoms with Crippen molar-refractivity contribution in [2.24, 2.45) is 17.8 Å². The molecule has 120 valence electrons. The van der Waals surface area contributed by atoms with Crippen molar-refractivity contribution in [1.82, 2.24) is 5.06 Å². The molecule has 21 heavy (non-hydrogen) atoms. The Bertz CT molecular complexity index is 374. The van der Waals surface area contributed by atoms with Crippen molar-refractivity contribution in [3.05, 3.63) is 0 Å². The Kier molecular flexibility index (Phi) is 3.09. The van der Waals surface area contributed by atoms with Crippen LogP contribution in [-0.4, -0.2) is 21.7 Å². The molecule has 0 aromatic heterocycles. The van der Waals surface area contributed by atoms with Crippen molar-refractivity contribution in [3.8, 4) is 0 Å². The largest absolute Gasteiger partial charge is 0.291 e. The molecule has 0 unspecified atom stereocenters. The molecule has 0 aromatic carbocycles. The van der Waals surface area contributed by atoms with Gasteiger partial charge in [0.05, 0.1) is 5.60 Å². The smallest absolute Gasteiger partial charge is 0.0908 e. The van der Waals surface area contributed by atoms with E-state index in [9.17, 15) is 0 Å². The Labute approximate surface area is 130 Å². The highest BCUT2D eigenvalue weighted by Crippen LogP contribution is 2.58. The predicted molar refractivity (Wildman–Crippen MR) is 85.8 cm³/mol. The molecule has 4 aliphatic carbocycles. The van der Waals surface area contributed by atoms with Gasteiger partial charge < -0.3 is 0 Å². The summed E-state index contributed by atoms with van der Waals surface area (Å²) in [5.41, 5.74) is 0.566. The van der Waals surface area contributed by atoms with Crippen LogP contribution in [0.1, 0.15) is 85.5 Å². The van der Waals surface area contributed by atoms with Crippen LogP contribution in [0.4, 0.5) is 0 Å². The molecule has 4 bridgehead atoms. The quantitative estimate of drug-likeness (QED) is 0.715. The number of hydrogen-bond donors (Lipinski definition) is 0. The zero-order valence-corrected chi connectivity index (χ0v) is 14.5. The minimum absolute atomic E-state index is 0.186. The Balaban J connectivity index is 1.59. The first-order valence-corrected chi connectivity index (χ1v) is 9.28. The standard InChI is InChI=1S/C19H33NO/c1-17(2)6-5-7-18(3,4)20(17)21-19-11-14-8-15(12-19)10-16(9-14)13-19/h14-16H,5-13H2,1-4H3. The highest BCUT2D eigenvalue weighted by molar-refractivity contribution is 5.04. The molecule has 1 aliphatic heterocycles. The maximum absolute atomic E-state index is 6.96. The minimum atomic E-state index is 0.186. The van der Waals surface area contributed by atoms with E-state index in [0.717, 1.165) is 17.8 Å². The van der Waals surface area contributed by atoms with Gasteiger partial charge in [0.1, 0.15) is 0 Å². The van der Waals surface area contributed by atoms with Crippen molar-refractivity contribution in [2.45, 2.75) is 102 Å². The fourth-order valence-corrected chi connectivity index (χ4v) is 6.56. The van der Waals surface area contributed by atoms with E-state index in [2.05, 4.69) is 32.8 Å². The minimum Gasteiger partial charge on any atom is -0.291 e. The van der Waals surface area contributed by atoms with Crippen molar-refractivity contribution in [1.29, 1.82) is 0 Å². The molecule has 1 heterocycles. The number of piperidine rings is 1. The van der Waals surface area contributed by atoms with Crippen LogP contribution in [0, 0.1) is 17.8 Å². The Morgan fingerprint density at radius 1 is 0.762 bits per heavy atom. The van der Waals surface area contributed by atoms with Gasteiger partial charge in [-0.2, -0.15) is 5.06 Å². The summed E-state index contributed by atoms with van der Waals surface area (Å²) in [6.45, 7) is 9.53. The normalized spacial score (nSPS) is 47.7. The molecule has 5 fully saturated rings. The summed E-state index contributed by atoms with van der Waals surface area (Å²) in [7, 11) is 0. The van der Waals surface area contributed by atoms with Gasteiger partial charge in [-0.1, -0.05) is 0 Å². The highest BCUT2D eigenvalue weighted by atomic mass is 16.7. The van der Waals surface area contributed by atoms with E-state index in [0.29, 0.717) is 0 Å². The summed E-state index contributed by atoms with van der Waals surface area (Å²) in [4.78, 5) is 6.96. The maximum Gasteiger partial charge on any atom is 0.0908 e. The van der Waals surface area contributed by atoms with E-state index < -0.39 is 0 Å². The summed E-state index contributed by atoms with van der Waals surface area (Å²) < 4.78 is 0. The summed E-state index contributed by atoms with van der Waals surface area (Å²) in [6.07, 6.45) is 12.4. The van der Waals surface area contributed by atoms with Gasteiger partial charge in [-0.25, -0.2) is 0 Å². The van der Waals surface area contributed by atoms with Gasteiger partial charge >= 0.3 is 0 Å². The van der Waals surface area contributed by atoms with Gasteiger partial charge in [0.15, 0.2) is 0 Å². The van der Waals surface area contributed by atoms with Crippen LogP contribution < -0.4 is 0 Å². The van der Waals surface area contributed by atoms with Crippen molar-refractivity contribution < 1.29 is 4.84 Å². The Hall–Kier alpha value is -0.0800. The van der Waals surface area contributed by atoms with Crippen LogP contribution in [0.2, 0.25) is 0 Å². The fourth-order valence-electron chi connectivity index (χ4n) is 6.56. The van der Waals surface area contributed by atoms with Crippen molar-refractivity contribution in [2.75, 3.05) is 0 Å². The number of rotatable bonds is 2. The molecule has 0 spiro atoms. The molecular formula is C19H33NO. The lowest BCUT2D eigenvalue weighted by molar-refractivity contribution is -0.360. The van der Waals surface area contributed by atoms with Gasteiger partial charge in [0.2, 0.25) is 0 Å². The second kappa shape index (κ2) is 4.47. The zero-order chi connectivity index (χ0) is 14.9. The Morgan fingerprint density at radius 2 is 1.19 bits per heavy atom. The van der Waals surface area contributed by atoms with Gasteiger partial charge in [0, 0.05) is 11.1 Å². The lowest BCUT2D eigenvalue weighted by atomic mass is 9.54. The summed E-state index contributed by atoms with van der Waals surface area (Å²) >= 11 is 0. The first kappa shape index (κ1) is 14.5. The fraction of sp³-hybridized carbons (Fsp3) is 1.00. The lowest BCUT2D eigenvalue weighted by Gasteiger charge is -2.61. The van der Waals surface area contributed by atoms with Gasteiger partial charge in [0.25, 0.3) is 0 Å². The van der Waals surface area contributed by atoms with Gasteiger partial charge in [-0.3, -0.25) is 4.84 Å². The van der Waals surface area contributed by atoms with Crippen LogP contribution in [0.25, 0.3) is 0 Å². The van der Waals surface area contributed by atoms with Crippen LogP contribution in [-0.2, 0) is 4.84 Å². The average molecular weight is 291 g/mol. The van der Waals surface area contributed by atoms with E-state index in [1.807, 2.05) is 0 Å². The molecule has 0 amide bonds. The topological polar surface area (TPSA) is 12.5 Å². The van der Waals surface area contributed by atoms with E-state index >= 15 is 0 Å². The van der Waals surface area contributed by atoms with Crippen LogP contribution in [0.5, 0.6) is 0 Å². The van der Waals surface area contributed by atoms with Crippen LogP contribution in [0.15, 0.2) is 0 Å². The average Bonchev–Trinajstić information content (AvgIpc) is 2.32. The van der Waals surface area contributed by atoms with E-state index in [1.165, 1.54) is 57.8 Å². The second-order valence-electron chi connectivity index (χ2n) is 9.96. The molecule has 2 nitrogen and oxygen atoms in total. The third-order valence-corrected chi connectivity index (χ3v) is 6.94. The van der Waals surface area contributed by atoms with E-state index in [4.69, 9.17) is 4.84 Å². The number of hydrogen-bond acceptors (Lipinski definition) is 2. The zero-order valence-electron chi connectivity index (χ0n) is 14.5. The summed E-state index contributed by atoms with van der Waals surface area (Å²) in [6, 6.07) is 0. The number of hydroxylamine groups is 2. The third kappa shape index (κ3) is 2.37. The summed E-state index contributed by atoms with van der Waals surface area (Å²) in [5.74, 6) is 2.90. The first-order valence-electron chi connectivity index (χ1n) is 9.28. The molecular weight excluding hydrogens is 258 g/mol. The summed E-state index contributed by atoms with van der Waals surface area (Å²) in [5, 5.41) is 2.44. The van der Waals surface area contributed by atoms with E-state index in [-0.39, 0.29) is 16.7 Å². The Morgan fingerprint density at radius 3 is 1.62 bits per heavy atom. The molecule has 0 atom stereocenters. The highest BCUT2D eigenvalue weighted by Gasteiger charge is 2.55. The molecule has 4 saturated carbocycles. The first-order chi connectivity index (χ1) is 9.78. The van der Waals surface area contributed by atoms with E-state index in [1.54, 1.807) is 0 Å². The lowest BCUT2D eigenvalue weighted by Crippen LogP contribution is -2.64. The second-order valence-corrected chi connectivity index (χ2v) is 9.96. The third-order valence-electron chi connectivity index (χ3n) is 6.94. The molecule has 5 aliphatic rings. The predicted octanol–water partition coefficient (Wildman–Crippen LogP) is 4.93.